The van der Waals surface area contributed by atoms with Gasteiger partial charge in [0.25, 0.3) is 0 Å². The number of hydrogen-bond acceptors (Lipinski definition) is 6. The highest BCUT2D eigenvalue weighted by molar-refractivity contribution is 6.30. The molecule has 0 bridgehead atoms. The second kappa shape index (κ2) is 11.1. The van der Waals surface area contributed by atoms with E-state index in [-0.39, 0.29) is 18.1 Å². The number of halogens is 2. The average Bonchev–Trinajstić information content (AvgIpc) is 3.47. The molecule has 0 unspecified atom stereocenters. The van der Waals surface area contributed by atoms with Gasteiger partial charge in [-0.25, -0.2) is 14.4 Å². The van der Waals surface area contributed by atoms with Gasteiger partial charge < -0.3 is 19.9 Å². The normalized spacial score (nSPS) is 22.5. The zero-order chi connectivity index (χ0) is 24.2. The predicted octanol–water partition coefficient (Wildman–Crippen LogP) is 3.57. The second-order valence-corrected chi connectivity index (χ2v) is 10.5. The average molecular weight is 502 g/mol. The van der Waals surface area contributed by atoms with Crippen LogP contribution >= 0.6 is 11.6 Å². The van der Waals surface area contributed by atoms with Crippen molar-refractivity contribution in [1.82, 2.24) is 20.2 Å². The summed E-state index contributed by atoms with van der Waals surface area (Å²) in [6, 6.07) is 4.88. The molecule has 2 atom stereocenters. The molecule has 3 aliphatic heterocycles. The molecule has 1 N–H and O–H groups in total. The molecule has 9 heteroatoms. The number of fused-ring (bicyclic) bond motifs is 1. The molecule has 0 aliphatic carbocycles. The van der Waals surface area contributed by atoms with Crippen LogP contribution in [0.15, 0.2) is 30.6 Å². The molecule has 0 saturated carbocycles. The number of carbonyl (C=O) groups is 1. The van der Waals surface area contributed by atoms with Gasteiger partial charge in [0.05, 0.1) is 30.4 Å². The van der Waals surface area contributed by atoms with Crippen LogP contribution in [0, 0.1) is 23.6 Å². The van der Waals surface area contributed by atoms with E-state index < -0.39 is 0 Å². The molecule has 1 amide bonds. The Labute approximate surface area is 211 Å². The number of benzene rings is 1. The first kappa shape index (κ1) is 24.3. The van der Waals surface area contributed by atoms with Gasteiger partial charge in [-0.1, -0.05) is 17.7 Å². The Morgan fingerprint density at radius 1 is 1.14 bits per heavy atom. The molecule has 3 fully saturated rings. The van der Waals surface area contributed by atoms with Crippen LogP contribution in [0.5, 0.6) is 5.75 Å². The molecule has 0 radical (unpaired) electrons. The van der Waals surface area contributed by atoms with E-state index in [9.17, 15) is 9.18 Å². The van der Waals surface area contributed by atoms with Crippen LogP contribution < -0.4 is 15.0 Å². The molecular weight excluding hydrogens is 469 g/mol. The fourth-order valence-electron chi connectivity index (χ4n) is 5.55. The number of nitrogens with zero attached hydrogens (tertiary/aromatic N) is 4. The quantitative estimate of drug-likeness (QED) is 0.558. The minimum atomic E-state index is -0.367. The van der Waals surface area contributed by atoms with E-state index in [0.717, 1.165) is 70.9 Å². The first-order valence-corrected chi connectivity index (χ1v) is 13.0. The van der Waals surface area contributed by atoms with Gasteiger partial charge in [-0.2, -0.15) is 0 Å². The van der Waals surface area contributed by atoms with Crippen molar-refractivity contribution >= 4 is 23.5 Å². The number of hydrogen-bond donors (Lipinski definition) is 1. The van der Waals surface area contributed by atoms with E-state index in [1.165, 1.54) is 6.07 Å². The first-order chi connectivity index (χ1) is 17.0. The summed E-state index contributed by atoms with van der Waals surface area (Å²) in [5, 5.41) is 3.93. The van der Waals surface area contributed by atoms with Crippen molar-refractivity contribution < 1.29 is 13.9 Å². The zero-order valence-corrected chi connectivity index (χ0v) is 20.7. The van der Waals surface area contributed by atoms with Crippen molar-refractivity contribution in [3.63, 3.8) is 0 Å². The number of likely N-dealkylation sites (tertiary alicyclic amines) is 1. The number of piperidine rings is 1. The lowest BCUT2D eigenvalue weighted by Crippen LogP contribution is -2.34. The van der Waals surface area contributed by atoms with Crippen LogP contribution in [0.3, 0.4) is 0 Å². The third-order valence-electron chi connectivity index (χ3n) is 7.64. The molecular formula is C26H33ClFN5O2. The Morgan fingerprint density at radius 2 is 1.86 bits per heavy atom. The largest absolute Gasteiger partial charge is 0.493 e. The third kappa shape index (κ3) is 6.04. The van der Waals surface area contributed by atoms with Crippen molar-refractivity contribution in [3.05, 3.63) is 47.0 Å². The summed E-state index contributed by atoms with van der Waals surface area (Å²) in [5.41, 5.74) is 0.439. The van der Waals surface area contributed by atoms with Crippen molar-refractivity contribution in [2.24, 2.45) is 17.8 Å². The Morgan fingerprint density at radius 3 is 2.54 bits per heavy atom. The van der Waals surface area contributed by atoms with E-state index >= 15 is 0 Å². The number of anilines is 1. The van der Waals surface area contributed by atoms with Crippen LogP contribution in [0.1, 0.15) is 31.2 Å². The van der Waals surface area contributed by atoms with Crippen LogP contribution in [0.25, 0.3) is 0 Å². The molecule has 0 spiro atoms. The maximum Gasteiger partial charge on any atom is 0.227 e. The van der Waals surface area contributed by atoms with Crippen molar-refractivity contribution in [2.45, 2.75) is 32.1 Å². The molecule has 1 aromatic carbocycles. The molecule has 5 rings (SSSR count). The number of ether oxygens (including phenoxy) is 1. The minimum Gasteiger partial charge on any atom is -0.493 e. The van der Waals surface area contributed by atoms with E-state index in [0.29, 0.717) is 40.7 Å². The van der Waals surface area contributed by atoms with Gasteiger partial charge in [-0.05, 0) is 55.1 Å². The van der Waals surface area contributed by atoms with Gasteiger partial charge in [-0.15, -0.1) is 0 Å². The van der Waals surface area contributed by atoms with E-state index in [4.69, 9.17) is 16.3 Å². The van der Waals surface area contributed by atoms with Gasteiger partial charge in [0.1, 0.15) is 11.6 Å². The summed E-state index contributed by atoms with van der Waals surface area (Å²) in [5.74, 6) is 2.65. The second-order valence-electron chi connectivity index (χ2n) is 10.0. The highest BCUT2D eigenvalue weighted by atomic mass is 35.5. The maximum absolute atomic E-state index is 14.6. The maximum atomic E-state index is 14.6. The van der Waals surface area contributed by atoms with Crippen LogP contribution in [0.4, 0.5) is 10.3 Å². The summed E-state index contributed by atoms with van der Waals surface area (Å²) in [4.78, 5) is 25.4. The van der Waals surface area contributed by atoms with Gasteiger partial charge >= 0.3 is 0 Å². The smallest absolute Gasteiger partial charge is 0.227 e. The van der Waals surface area contributed by atoms with Gasteiger partial charge in [-0.3, -0.25) is 4.79 Å². The Hall–Kier alpha value is -2.45. The highest BCUT2D eigenvalue weighted by Crippen LogP contribution is 2.28. The standard InChI is InChI=1S/C26H33ClFN5O2/c27-22-14-30-26(31-15-22)32-7-5-18(6-8-32)2-1-9-35-23-4-3-19(24(28)11-23)10-25(34)33-16-20-12-29-13-21(20)17-33/h3-4,11,14-15,18,20-21,29H,1-2,5-10,12-13,16-17H2/t20-,21+. The summed E-state index contributed by atoms with van der Waals surface area (Å²) in [6.45, 7) is 5.96. The SMILES string of the molecule is O=C(Cc1ccc(OCCCC2CCN(c3ncc(Cl)cn3)CC2)cc1F)N1C[C@H]2CNC[C@H]2C1. The zero-order valence-electron chi connectivity index (χ0n) is 20.0. The number of amides is 1. The lowest BCUT2D eigenvalue weighted by molar-refractivity contribution is -0.129. The number of aromatic nitrogens is 2. The molecule has 4 heterocycles. The Kier molecular flexibility index (Phi) is 7.68. The van der Waals surface area contributed by atoms with E-state index in [2.05, 4.69) is 20.2 Å². The minimum absolute atomic E-state index is 0.0145. The van der Waals surface area contributed by atoms with Crippen molar-refractivity contribution in [1.29, 1.82) is 0 Å². The van der Waals surface area contributed by atoms with Crippen LogP contribution in [-0.2, 0) is 11.2 Å². The highest BCUT2D eigenvalue weighted by Gasteiger charge is 2.38. The number of rotatable bonds is 8. The molecule has 2 aromatic rings. The molecule has 7 nitrogen and oxygen atoms in total. The Bertz CT molecular complexity index is 1000. The fourth-order valence-corrected chi connectivity index (χ4v) is 5.64. The summed E-state index contributed by atoms with van der Waals surface area (Å²) < 4.78 is 20.4. The monoisotopic (exact) mass is 501 g/mol. The molecule has 35 heavy (non-hydrogen) atoms. The molecule has 3 aliphatic rings. The van der Waals surface area contributed by atoms with Gasteiger partial charge in [0, 0.05) is 45.3 Å². The Balaban J connectivity index is 1.01. The summed E-state index contributed by atoms with van der Waals surface area (Å²) in [7, 11) is 0. The first-order valence-electron chi connectivity index (χ1n) is 12.7. The van der Waals surface area contributed by atoms with E-state index in [1.807, 2.05) is 4.90 Å². The summed E-state index contributed by atoms with van der Waals surface area (Å²) in [6.07, 6.45) is 7.58. The summed E-state index contributed by atoms with van der Waals surface area (Å²) >= 11 is 5.87. The van der Waals surface area contributed by atoms with Gasteiger partial charge in [0.15, 0.2) is 0 Å². The molecule has 1 aromatic heterocycles. The number of nitrogens with one attached hydrogen (secondary N) is 1. The van der Waals surface area contributed by atoms with Crippen molar-refractivity contribution in [2.75, 3.05) is 50.8 Å². The number of carbonyl (C=O) groups excluding carboxylic acids is 1. The van der Waals surface area contributed by atoms with E-state index in [1.54, 1.807) is 24.5 Å². The van der Waals surface area contributed by atoms with Gasteiger partial charge in [0.2, 0.25) is 11.9 Å². The lowest BCUT2D eigenvalue weighted by Gasteiger charge is -2.31. The van der Waals surface area contributed by atoms with Crippen molar-refractivity contribution in [3.8, 4) is 5.75 Å². The third-order valence-corrected chi connectivity index (χ3v) is 7.83. The topological polar surface area (TPSA) is 70.6 Å². The molecule has 3 saturated heterocycles. The van der Waals surface area contributed by atoms with Crippen LogP contribution in [-0.4, -0.2) is 66.7 Å². The fraction of sp³-hybridized carbons (Fsp3) is 0.577. The lowest BCUT2D eigenvalue weighted by atomic mass is 9.92. The molecule has 188 valence electrons. The predicted molar refractivity (Wildman–Crippen MR) is 133 cm³/mol. The van der Waals surface area contributed by atoms with Crippen LogP contribution in [0.2, 0.25) is 5.02 Å².